The Hall–Kier alpha value is -1.61. The van der Waals surface area contributed by atoms with Crippen LogP contribution in [0.25, 0.3) is 17.2 Å². The SMILES string of the molecule is CCSc1cc(Br)cnc1-c1nc2cc(C(F)(F)F)ccn2n1. The maximum Gasteiger partial charge on any atom is 0.416 e. The minimum atomic E-state index is -4.41. The number of thioether (sulfide) groups is 1. The summed E-state index contributed by atoms with van der Waals surface area (Å²) < 4.78 is 40.5. The van der Waals surface area contributed by atoms with Crippen LogP contribution in [-0.2, 0) is 6.18 Å². The predicted octanol–water partition coefficient (Wildman–Crippen LogP) is 4.68. The van der Waals surface area contributed by atoms with Crippen molar-refractivity contribution in [3.63, 3.8) is 0 Å². The molecule has 0 aliphatic heterocycles. The molecule has 0 radical (unpaired) electrons. The highest BCUT2D eigenvalue weighted by Gasteiger charge is 2.31. The van der Waals surface area contributed by atoms with Crippen molar-refractivity contribution in [3.05, 3.63) is 40.6 Å². The summed E-state index contributed by atoms with van der Waals surface area (Å²) in [5.74, 6) is 1.13. The van der Waals surface area contributed by atoms with E-state index in [0.717, 1.165) is 27.3 Å². The molecule has 0 aromatic carbocycles. The zero-order valence-corrected chi connectivity index (χ0v) is 14.2. The fourth-order valence-electron chi connectivity index (χ4n) is 2.01. The first-order chi connectivity index (χ1) is 10.9. The Labute approximate surface area is 142 Å². The molecular weight excluding hydrogens is 393 g/mol. The lowest BCUT2D eigenvalue weighted by molar-refractivity contribution is -0.137. The molecule has 3 aromatic rings. The smallest absolute Gasteiger partial charge is 0.250 e. The van der Waals surface area contributed by atoms with Crippen LogP contribution >= 0.6 is 27.7 Å². The lowest BCUT2D eigenvalue weighted by Crippen LogP contribution is -2.05. The third kappa shape index (κ3) is 3.35. The summed E-state index contributed by atoms with van der Waals surface area (Å²) in [5.41, 5.74) is -0.0693. The van der Waals surface area contributed by atoms with Gasteiger partial charge in [-0.05, 0) is 39.9 Å². The minimum Gasteiger partial charge on any atom is -0.250 e. The first-order valence-electron chi connectivity index (χ1n) is 6.61. The van der Waals surface area contributed by atoms with Crippen LogP contribution in [0.4, 0.5) is 13.2 Å². The molecule has 0 aliphatic rings. The highest BCUT2D eigenvalue weighted by atomic mass is 79.9. The van der Waals surface area contributed by atoms with Crippen LogP contribution < -0.4 is 0 Å². The normalized spacial score (nSPS) is 12.0. The Balaban J connectivity index is 2.11. The zero-order valence-electron chi connectivity index (χ0n) is 11.8. The molecule has 0 N–H and O–H groups in total. The van der Waals surface area contributed by atoms with Crippen molar-refractivity contribution in [3.8, 4) is 11.5 Å². The maximum atomic E-state index is 12.8. The van der Waals surface area contributed by atoms with E-state index in [1.54, 1.807) is 18.0 Å². The molecule has 0 amide bonds. The summed E-state index contributed by atoms with van der Waals surface area (Å²) in [6, 6.07) is 3.84. The third-order valence-electron chi connectivity index (χ3n) is 3.00. The fraction of sp³-hybridized carbons (Fsp3) is 0.214. The summed E-state index contributed by atoms with van der Waals surface area (Å²) >= 11 is 4.92. The molecule has 23 heavy (non-hydrogen) atoms. The number of pyridine rings is 2. The van der Waals surface area contributed by atoms with Gasteiger partial charge in [-0.2, -0.15) is 13.2 Å². The predicted molar refractivity (Wildman–Crippen MR) is 85.3 cm³/mol. The summed E-state index contributed by atoms with van der Waals surface area (Å²) in [5, 5.41) is 4.23. The van der Waals surface area contributed by atoms with Gasteiger partial charge < -0.3 is 0 Å². The highest BCUT2D eigenvalue weighted by Crippen LogP contribution is 2.32. The molecule has 9 heteroatoms. The van der Waals surface area contributed by atoms with E-state index in [2.05, 4.69) is 31.0 Å². The van der Waals surface area contributed by atoms with E-state index in [4.69, 9.17) is 0 Å². The summed E-state index contributed by atoms with van der Waals surface area (Å²) in [4.78, 5) is 9.36. The van der Waals surface area contributed by atoms with E-state index in [-0.39, 0.29) is 5.65 Å². The molecule has 0 saturated heterocycles. The van der Waals surface area contributed by atoms with Crippen LogP contribution in [0.3, 0.4) is 0 Å². The van der Waals surface area contributed by atoms with Crippen molar-refractivity contribution < 1.29 is 13.2 Å². The first-order valence-corrected chi connectivity index (χ1v) is 8.38. The van der Waals surface area contributed by atoms with Crippen molar-refractivity contribution in [2.24, 2.45) is 0 Å². The zero-order chi connectivity index (χ0) is 16.6. The summed E-state index contributed by atoms with van der Waals surface area (Å²) in [6.45, 7) is 2.00. The van der Waals surface area contributed by atoms with Crippen LogP contribution in [0.1, 0.15) is 12.5 Å². The molecule has 4 nitrogen and oxygen atoms in total. The van der Waals surface area contributed by atoms with Crippen LogP contribution in [-0.4, -0.2) is 25.3 Å². The Morgan fingerprint density at radius 1 is 1.30 bits per heavy atom. The Bertz CT molecular complexity index is 863. The van der Waals surface area contributed by atoms with E-state index >= 15 is 0 Å². The lowest BCUT2D eigenvalue weighted by atomic mass is 10.2. The van der Waals surface area contributed by atoms with Crippen LogP contribution in [0.5, 0.6) is 0 Å². The fourth-order valence-corrected chi connectivity index (χ4v) is 3.30. The van der Waals surface area contributed by atoms with Crippen molar-refractivity contribution in [1.82, 2.24) is 19.6 Å². The van der Waals surface area contributed by atoms with E-state index in [0.29, 0.717) is 11.5 Å². The summed E-state index contributed by atoms with van der Waals surface area (Å²) in [6.07, 6.45) is -1.55. The topological polar surface area (TPSA) is 43.1 Å². The molecule has 0 fully saturated rings. The molecule has 120 valence electrons. The molecule has 0 unspecified atom stereocenters. The van der Waals surface area contributed by atoms with Crippen molar-refractivity contribution in [1.29, 1.82) is 0 Å². The van der Waals surface area contributed by atoms with Crippen molar-refractivity contribution in [2.75, 3.05) is 5.75 Å². The van der Waals surface area contributed by atoms with E-state index in [1.165, 1.54) is 10.7 Å². The van der Waals surface area contributed by atoms with Gasteiger partial charge >= 0.3 is 6.18 Å². The van der Waals surface area contributed by atoms with Crippen LogP contribution in [0.2, 0.25) is 0 Å². The number of halogens is 4. The molecule has 0 atom stereocenters. The molecule has 3 aromatic heterocycles. The Kier molecular flexibility index (Phi) is 4.33. The van der Waals surface area contributed by atoms with Crippen molar-refractivity contribution in [2.45, 2.75) is 18.0 Å². The number of hydrogen-bond donors (Lipinski definition) is 0. The van der Waals surface area contributed by atoms with Crippen LogP contribution in [0, 0.1) is 0 Å². The monoisotopic (exact) mass is 402 g/mol. The number of hydrogen-bond acceptors (Lipinski definition) is 4. The number of alkyl halides is 3. The van der Waals surface area contributed by atoms with Gasteiger partial charge in [-0.15, -0.1) is 16.9 Å². The van der Waals surface area contributed by atoms with E-state index < -0.39 is 11.7 Å². The number of nitrogens with zero attached hydrogens (tertiary/aromatic N) is 4. The number of rotatable bonds is 3. The van der Waals surface area contributed by atoms with Gasteiger partial charge in [0.1, 0.15) is 5.69 Å². The second kappa shape index (κ2) is 6.12. The largest absolute Gasteiger partial charge is 0.416 e. The standard InChI is InChI=1S/C14H10BrF3N4S/c1-2-23-10-6-9(15)7-19-12(10)13-20-11-5-8(14(16,17)18)3-4-22(11)21-13/h3-7H,2H2,1H3. The minimum absolute atomic E-state index is 0.131. The van der Waals surface area contributed by atoms with Crippen LogP contribution in [0.15, 0.2) is 40.0 Å². The van der Waals surface area contributed by atoms with E-state index in [1.807, 2.05) is 13.0 Å². The van der Waals surface area contributed by atoms with E-state index in [9.17, 15) is 13.2 Å². The second-order valence-electron chi connectivity index (χ2n) is 4.58. The Morgan fingerprint density at radius 3 is 2.78 bits per heavy atom. The molecule has 0 saturated carbocycles. The summed E-state index contributed by atoms with van der Waals surface area (Å²) in [7, 11) is 0. The van der Waals surface area contributed by atoms with Gasteiger partial charge in [0.15, 0.2) is 5.65 Å². The average molecular weight is 403 g/mol. The average Bonchev–Trinajstić information content (AvgIpc) is 2.89. The maximum absolute atomic E-state index is 12.8. The molecule has 0 spiro atoms. The number of fused-ring (bicyclic) bond motifs is 1. The van der Waals surface area contributed by atoms with Gasteiger partial charge in [0.25, 0.3) is 0 Å². The van der Waals surface area contributed by atoms with Crippen molar-refractivity contribution >= 4 is 33.3 Å². The molecule has 3 heterocycles. The second-order valence-corrected chi connectivity index (χ2v) is 6.81. The Morgan fingerprint density at radius 2 is 2.09 bits per heavy atom. The van der Waals surface area contributed by atoms with Gasteiger partial charge in [-0.25, -0.2) is 9.50 Å². The lowest BCUT2D eigenvalue weighted by Gasteiger charge is -2.05. The highest BCUT2D eigenvalue weighted by molar-refractivity contribution is 9.10. The molecule has 3 rings (SSSR count). The van der Waals surface area contributed by atoms with Gasteiger partial charge in [0, 0.05) is 21.8 Å². The van der Waals surface area contributed by atoms with Gasteiger partial charge in [0.05, 0.1) is 5.56 Å². The molecular formula is C14H10BrF3N4S. The first kappa shape index (κ1) is 16.3. The van der Waals surface area contributed by atoms with Gasteiger partial charge in [0.2, 0.25) is 5.82 Å². The molecule has 0 bridgehead atoms. The molecule has 0 aliphatic carbocycles. The number of aromatic nitrogens is 4. The third-order valence-corrected chi connectivity index (χ3v) is 4.34. The quantitative estimate of drug-likeness (QED) is 0.596. The van der Waals surface area contributed by atoms with Gasteiger partial charge in [-0.1, -0.05) is 6.92 Å². The van der Waals surface area contributed by atoms with Gasteiger partial charge in [-0.3, -0.25) is 4.98 Å².